The summed E-state index contributed by atoms with van der Waals surface area (Å²) >= 11 is 0. The number of carbonyl (C=O) groups is 1. The van der Waals surface area contributed by atoms with Gasteiger partial charge in [0.2, 0.25) is 5.91 Å². The Labute approximate surface area is 193 Å². The maximum Gasteiger partial charge on any atom is 0.220 e. The zero-order chi connectivity index (χ0) is 22.9. The molecule has 0 bridgehead atoms. The minimum absolute atomic E-state index is 0.135. The van der Waals surface area contributed by atoms with Crippen molar-refractivity contribution >= 4 is 5.91 Å². The molecule has 0 aliphatic heterocycles. The van der Waals surface area contributed by atoms with Crippen molar-refractivity contribution in [1.29, 1.82) is 0 Å². The van der Waals surface area contributed by atoms with E-state index in [0.29, 0.717) is 24.0 Å². The van der Waals surface area contributed by atoms with Crippen LogP contribution in [0.4, 0.5) is 0 Å². The van der Waals surface area contributed by atoms with Gasteiger partial charge in [0.1, 0.15) is 5.60 Å². The second-order valence-corrected chi connectivity index (χ2v) is 7.87. The first-order valence-corrected chi connectivity index (χ1v) is 10.9. The molecule has 0 aliphatic carbocycles. The van der Waals surface area contributed by atoms with Crippen LogP contribution in [0.3, 0.4) is 0 Å². The smallest absolute Gasteiger partial charge is 0.220 e. The number of aromatic nitrogens is 3. The number of aliphatic hydroxyl groups is 1. The third-order valence-corrected chi connectivity index (χ3v) is 5.68. The van der Waals surface area contributed by atoms with Crippen LogP contribution in [0.1, 0.15) is 41.1 Å². The summed E-state index contributed by atoms with van der Waals surface area (Å²) in [5.74, 6) is -0.135. The van der Waals surface area contributed by atoms with Crippen LogP contribution in [-0.4, -0.2) is 26.0 Å². The Morgan fingerprint density at radius 3 is 2.03 bits per heavy atom. The van der Waals surface area contributed by atoms with Crippen LogP contribution >= 0.6 is 0 Å². The number of aryl methyl sites for hydroxylation is 1. The molecule has 33 heavy (non-hydrogen) atoms. The van der Waals surface area contributed by atoms with Gasteiger partial charge in [0.15, 0.2) is 0 Å². The lowest BCUT2D eigenvalue weighted by molar-refractivity contribution is -0.124. The van der Waals surface area contributed by atoms with E-state index in [0.717, 1.165) is 17.5 Å². The molecule has 6 heteroatoms. The van der Waals surface area contributed by atoms with Crippen LogP contribution in [0, 0.1) is 0 Å². The molecule has 1 amide bonds. The van der Waals surface area contributed by atoms with Gasteiger partial charge >= 0.3 is 0 Å². The molecule has 6 nitrogen and oxygen atoms in total. The van der Waals surface area contributed by atoms with Gasteiger partial charge in [-0.25, -0.2) is 0 Å². The molecule has 0 saturated carbocycles. The molecule has 1 aromatic carbocycles. The Kier molecular flexibility index (Phi) is 7.17. The van der Waals surface area contributed by atoms with Crippen molar-refractivity contribution in [3.05, 3.63) is 126 Å². The van der Waals surface area contributed by atoms with Crippen LogP contribution in [-0.2, 0) is 16.8 Å². The van der Waals surface area contributed by atoms with Gasteiger partial charge in [0.05, 0.1) is 6.04 Å². The van der Waals surface area contributed by atoms with Crippen molar-refractivity contribution in [3.8, 4) is 0 Å². The van der Waals surface area contributed by atoms with Gasteiger partial charge in [-0.05, 0) is 48.2 Å². The molecular weight excluding hydrogens is 412 g/mol. The van der Waals surface area contributed by atoms with E-state index in [2.05, 4.69) is 20.3 Å². The minimum Gasteiger partial charge on any atom is -0.378 e. The van der Waals surface area contributed by atoms with E-state index >= 15 is 0 Å². The van der Waals surface area contributed by atoms with Crippen LogP contribution in [0.5, 0.6) is 0 Å². The Morgan fingerprint density at radius 1 is 0.818 bits per heavy atom. The van der Waals surface area contributed by atoms with Crippen LogP contribution in [0.2, 0.25) is 0 Å². The number of amides is 1. The average Bonchev–Trinajstić information content (AvgIpc) is 2.89. The van der Waals surface area contributed by atoms with Crippen molar-refractivity contribution in [2.24, 2.45) is 0 Å². The van der Waals surface area contributed by atoms with Gasteiger partial charge in [-0.3, -0.25) is 19.7 Å². The first kappa shape index (κ1) is 22.3. The molecule has 0 radical (unpaired) electrons. The summed E-state index contributed by atoms with van der Waals surface area (Å²) in [6, 6.07) is 19.8. The summed E-state index contributed by atoms with van der Waals surface area (Å²) in [5.41, 5.74) is 1.51. The van der Waals surface area contributed by atoms with E-state index in [-0.39, 0.29) is 5.91 Å². The number of nitrogens with zero attached hydrogens (tertiary/aromatic N) is 3. The number of pyridine rings is 3. The van der Waals surface area contributed by atoms with E-state index < -0.39 is 11.6 Å². The summed E-state index contributed by atoms with van der Waals surface area (Å²) in [5, 5.41) is 15.3. The predicted octanol–water partition coefficient (Wildman–Crippen LogP) is 3.99. The Bertz CT molecular complexity index is 1100. The highest BCUT2D eigenvalue weighted by atomic mass is 16.3. The fourth-order valence-electron chi connectivity index (χ4n) is 3.99. The molecule has 3 aromatic heterocycles. The third-order valence-electron chi connectivity index (χ3n) is 5.68. The molecule has 0 fully saturated rings. The molecule has 166 valence electrons. The van der Waals surface area contributed by atoms with Crippen molar-refractivity contribution in [1.82, 2.24) is 20.3 Å². The molecule has 4 aromatic rings. The summed E-state index contributed by atoms with van der Waals surface area (Å²) in [7, 11) is 0. The minimum atomic E-state index is -1.56. The highest BCUT2D eigenvalue weighted by molar-refractivity contribution is 5.77. The molecule has 0 saturated heterocycles. The van der Waals surface area contributed by atoms with Crippen molar-refractivity contribution < 1.29 is 9.90 Å². The van der Waals surface area contributed by atoms with Gasteiger partial charge in [-0.1, -0.05) is 42.5 Å². The standard InChI is InChI=1S/C27H26N4O2/c32-25(12-4-7-21-13-17-28-18-14-21)31-26(22-8-2-1-3-9-22)27(33,23-10-5-15-29-19-23)24-11-6-16-30-20-24/h1-3,5-6,8-11,13-20,26,33H,4,7,12H2,(H,31,32). The second kappa shape index (κ2) is 10.6. The van der Waals surface area contributed by atoms with Gasteiger partial charge in [0, 0.05) is 54.7 Å². The zero-order valence-corrected chi connectivity index (χ0v) is 18.2. The fraction of sp³-hybridized carbons (Fsp3) is 0.185. The summed E-state index contributed by atoms with van der Waals surface area (Å²) in [4.78, 5) is 25.5. The lowest BCUT2D eigenvalue weighted by atomic mass is 9.78. The molecule has 4 rings (SSSR count). The van der Waals surface area contributed by atoms with Gasteiger partial charge in [0.25, 0.3) is 0 Å². The second-order valence-electron chi connectivity index (χ2n) is 7.87. The topological polar surface area (TPSA) is 88.0 Å². The molecule has 1 unspecified atom stereocenters. The average molecular weight is 439 g/mol. The first-order chi connectivity index (χ1) is 16.2. The fourth-order valence-corrected chi connectivity index (χ4v) is 3.99. The highest BCUT2D eigenvalue weighted by Gasteiger charge is 2.42. The molecule has 0 spiro atoms. The maximum atomic E-state index is 13.1. The predicted molar refractivity (Wildman–Crippen MR) is 126 cm³/mol. The highest BCUT2D eigenvalue weighted by Crippen LogP contribution is 2.40. The van der Waals surface area contributed by atoms with E-state index in [1.165, 1.54) is 0 Å². The third kappa shape index (κ3) is 5.30. The summed E-state index contributed by atoms with van der Waals surface area (Å²) in [6.07, 6.45) is 11.9. The van der Waals surface area contributed by atoms with Crippen molar-refractivity contribution in [3.63, 3.8) is 0 Å². The number of rotatable bonds is 9. The first-order valence-electron chi connectivity index (χ1n) is 10.9. The summed E-state index contributed by atoms with van der Waals surface area (Å²) < 4.78 is 0. The van der Waals surface area contributed by atoms with Gasteiger partial charge in [-0.2, -0.15) is 0 Å². The van der Waals surface area contributed by atoms with E-state index in [4.69, 9.17) is 0 Å². The Hall–Kier alpha value is -3.90. The van der Waals surface area contributed by atoms with E-state index in [1.54, 1.807) is 49.3 Å². The number of benzene rings is 1. The van der Waals surface area contributed by atoms with Gasteiger partial charge in [-0.15, -0.1) is 0 Å². The molecular formula is C27H26N4O2. The Balaban J connectivity index is 1.64. The lowest BCUT2D eigenvalue weighted by Gasteiger charge is -2.37. The zero-order valence-electron chi connectivity index (χ0n) is 18.2. The SMILES string of the molecule is O=C(CCCc1ccncc1)NC(c1ccccc1)C(O)(c1cccnc1)c1cccnc1. The molecule has 1 atom stereocenters. The number of hydrogen-bond acceptors (Lipinski definition) is 5. The number of carbonyl (C=O) groups excluding carboxylic acids is 1. The monoisotopic (exact) mass is 438 g/mol. The maximum absolute atomic E-state index is 13.1. The number of nitrogens with one attached hydrogen (secondary N) is 1. The quantitative estimate of drug-likeness (QED) is 0.413. The molecule has 0 aliphatic rings. The normalized spacial score (nSPS) is 12.2. The summed E-state index contributed by atoms with van der Waals surface area (Å²) in [6.45, 7) is 0. The number of hydrogen-bond donors (Lipinski definition) is 2. The Morgan fingerprint density at radius 2 is 1.45 bits per heavy atom. The van der Waals surface area contributed by atoms with E-state index in [9.17, 15) is 9.90 Å². The van der Waals surface area contributed by atoms with E-state index in [1.807, 2.05) is 54.6 Å². The van der Waals surface area contributed by atoms with Crippen LogP contribution in [0.15, 0.2) is 104 Å². The molecule has 2 N–H and O–H groups in total. The van der Waals surface area contributed by atoms with Crippen molar-refractivity contribution in [2.45, 2.75) is 30.9 Å². The largest absolute Gasteiger partial charge is 0.378 e. The van der Waals surface area contributed by atoms with Crippen LogP contribution < -0.4 is 5.32 Å². The van der Waals surface area contributed by atoms with Crippen molar-refractivity contribution in [2.75, 3.05) is 0 Å². The lowest BCUT2D eigenvalue weighted by Crippen LogP contribution is -2.45. The van der Waals surface area contributed by atoms with Gasteiger partial charge < -0.3 is 10.4 Å². The molecule has 3 heterocycles. The van der Waals surface area contributed by atoms with Crippen LogP contribution in [0.25, 0.3) is 0 Å².